The average Bonchev–Trinajstić information content (AvgIpc) is 2.28. The van der Waals surface area contributed by atoms with Crippen molar-refractivity contribution in [1.82, 2.24) is 0 Å². The molecular weight excluding hydrogens is 206 g/mol. The minimum Gasteiger partial charge on any atom is -0.507 e. The second kappa shape index (κ2) is 5.90. The predicted molar refractivity (Wildman–Crippen MR) is 61.8 cm³/mol. The maximum Gasteiger partial charge on any atom is 0.330 e. The molecule has 0 spiro atoms. The summed E-state index contributed by atoms with van der Waals surface area (Å²) in [6.07, 6.45) is 1.47. The van der Waals surface area contributed by atoms with Gasteiger partial charge in [0.15, 0.2) is 0 Å². The highest BCUT2D eigenvalue weighted by atomic mass is 16.5. The Kier molecular flexibility index (Phi) is 4.51. The molecule has 0 unspecified atom stereocenters. The Morgan fingerprint density at radius 1 is 1.56 bits per heavy atom. The number of esters is 1. The SMILES string of the molecule is CCOC(=O)[C@H](C)N=Cc1ccccc1O. The maximum atomic E-state index is 11.3. The highest BCUT2D eigenvalue weighted by Gasteiger charge is 2.10. The first kappa shape index (κ1) is 12.2. The maximum absolute atomic E-state index is 11.3. The topological polar surface area (TPSA) is 58.9 Å². The fourth-order valence-electron chi connectivity index (χ4n) is 1.11. The van der Waals surface area contributed by atoms with Gasteiger partial charge in [0.1, 0.15) is 11.8 Å². The van der Waals surface area contributed by atoms with E-state index >= 15 is 0 Å². The van der Waals surface area contributed by atoms with E-state index in [2.05, 4.69) is 4.99 Å². The molecule has 0 amide bonds. The van der Waals surface area contributed by atoms with E-state index in [1.54, 1.807) is 38.1 Å². The number of hydrogen-bond donors (Lipinski definition) is 1. The van der Waals surface area contributed by atoms with E-state index in [4.69, 9.17) is 4.74 Å². The van der Waals surface area contributed by atoms with Crippen LogP contribution < -0.4 is 0 Å². The van der Waals surface area contributed by atoms with Gasteiger partial charge in [0.05, 0.1) is 6.61 Å². The van der Waals surface area contributed by atoms with Crippen LogP contribution in [0.5, 0.6) is 5.75 Å². The van der Waals surface area contributed by atoms with Gasteiger partial charge in [-0.2, -0.15) is 0 Å². The van der Waals surface area contributed by atoms with E-state index in [-0.39, 0.29) is 11.7 Å². The molecule has 0 aliphatic carbocycles. The van der Waals surface area contributed by atoms with Crippen LogP contribution in [0, 0.1) is 0 Å². The zero-order valence-electron chi connectivity index (χ0n) is 9.38. The smallest absolute Gasteiger partial charge is 0.330 e. The molecule has 1 N–H and O–H groups in total. The van der Waals surface area contributed by atoms with Gasteiger partial charge in [-0.05, 0) is 26.0 Å². The fraction of sp³-hybridized carbons (Fsp3) is 0.333. The molecule has 1 aromatic carbocycles. The van der Waals surface area contributed by atoms with Crippen molar-refractivity contribution in [2.24, 2.45) is 4.99 Å². The van der Waals surface area contributed by atoms with E-state index in [1.807, 2.05) is 0 Å². The molecule has 1 atom stereocenters. The first-order valence-corrected chi connectivity index (χ1v) is 5.13. The Bertz CT molecular complexity index is 388. The van der Waals surface area contributed by atoms with Crippen molar-refractivity contribution >= 4 is 12.2 Å². The normalized spacial score (nSPS) is 12.6. The Labute approximate surface area is 94.6 Å². The molecule has 0 heterocycles. The lowest BCUT2D eigenvalue weighted by molar-refractivity contribution is -0.144. The fourth-order valence-corrected chi connectivity index (χ4v) is 1.11. The van der Waals surface area contributed by atoms with Gasteiger partial charge in [0.25, 0.3) is 0 Å². The van der Waals surface area contributed by atoms with Crippen molar-refractivity contribution in [3.8, 4) is 5.75 Å². The quantitative estimate of drug-likeness (QED) is 0.622. The predicted octanol–water partition coefficient (Wildman–Crippen LogP) is 1.76. The van der Waals surface area contributed by atoms with Crippen LogP contribution in [0.2, 0.25) is 0 Å². The van der Waals surface area contributed by atoms with E-state index in [9.17, 15) is 9.90 Å². The van der Waals surface area contributed by atoms with E-state index in [0.717, 1.165) is 0 Å². The monoisotopic (exact) mass is 221 g/mol. The van der Waals surface area contributed by atoms with Gasteiger partial charge in [-0.1, -0.05) is 12.1 Å². The second-order valence-electron chi connectivity index (χ2n) is 3.27. The van der Waals surface area contributed by atoms with Crippen LogP contribution in [0.15, 0.2) is 29.3 Å². The number of aromatic hydroxyl groups is 1. The molecule has 16 heavy (non-hydrogen) atoms. The summed E-state index contributed by atoms with van der Waals surface area (Å²) in [5.41, 5.74) is 0.582. The van der Waals surface area contributed by atoms with E-state index in [1.165, 1.54) is 6.21 Å². The van der Waals surface area contributed by atoms with Gasteiger partial charge in [0, 0.05) is 11.8 Å². The second-order valence-corrected chi connectivity index (χ2v) is 3.27. The molecule has 0 fully saturated rings. The van der Waals surface area contributed by atoms with Gasteiger partial charge >= 0.3 is 5.97 Å². The molecule has 4 heteroatoms. The summed E-state index contributed by atoms with van der Waals surface area (Å²) in [5.74, 6) is -0.225. The summed E-state index contributed by atoms with van der Waals surface area (Å²) in [7, 11) is 0. The minimum atomic E-state index is -0.556. The molecule has 0 saturated heterocycles. The molecule has 86 valence electrons. The lowest BCUT2D eigenvalue weighted by atomic mass is 10.2. The first-order chi connectivity index (χ1) is 7.65. The zero-order valence-corrected chi connectivity index (χ0v) is 9.38. The van der Waals surface area contributed by atoms with Gasteiger partial charge in [0.2, 0.25) is 0 Å². The third-order valence-electron chi connectivity index (χ3n) is 2.00. The molecule has 1 aromatic rings. The summed E-state index contributed by atoms with van der Waals surface area (Å²) in [6, 6.07) is 6.24. The van der Waals surface area contributed by atoms with Gasteiger partial charge in [-0.15, -0.1) is 0 Å². The number of carbonyl (C=O) groups is 1. The number of para-hydroxylation sites is 1. The zero-order chi connectivity index (χ0) is 12.0. The molecule has 1 rings (SSSR count). The molecule has 0 radical (unpaired) electrons. The Morgan fingerprint density at radius 2 is 2.25 bits per heavy atom. The van der Waals surface area contributed by atoms with Crippen LogP contribution >= 0.6 is 0 Å². The van der Waals surface area contributed by atoms with Gasteiger partial charge in [-0.3, -0.25) is 4.99 Å². The van der Waals surface area contributed by atoms with Crippen LogP contribution in [0.4, 0.5) is 0 Å². The summed E-state index contributed by atoms with van der Waals surface area (Å²) < 4.78 is 4.81. The molecule has 0 bridgehead atoms. The molecule has 0 saturated carbocycles. The highest BCUT2D eigenvalue weighted by Crippen LogP contribution is 2.13. The van der Waals surface area contributed by atoms with Crippen LogP contribution in [-0.4, -0.2) is 29.9 Å². The number of phenols is 1. The van der Waals surface area contributed by atoms with Gasteiger partial charge in [-0.25, -0.2) is 4.79 Å². The van der Waals surface area contributed by atoms with E-state index < -0.39 is 6.04 Å². The summed E-state index contributed by atoms with van der Waals surface area (Å²) in [5, 5.41) is 9.46. The van der Waals surface area contributed by atoms with Crippen molar-refractivity contribution in [3.05, 3.63) is 29.8 Å². The lowest BCUT2D eigenvalue weighted by Crippen LogP contribution is -2.18. The number of nitrogens with zero attached hydrogens (tertiary/aromatic N) is 1. The number of hydrogen-bond acceptors (Lipinski definition) is 4. The lowest BCUT2D eigenvalue weighted by Gasteiger charge is -2.05. The Morgan fingerprint density at radius 3 is 2.88 bits per heavy atom. The largest absolute Gasteiger partial charge is 0.507 e. The van der Waals surface area contributed by atoms with Gasteiger partial charge < -0.3 is 9.84 Å². The highest BCUT2D eigenvalue weighted by molar-refractivity contribution is 5.86. The summed E-state index contributed by atoms with van der Waals surface area (Å²) in [6.45, 7) is 3.74. The van der Waals surface area contributed by atoms with Crippen LogP contribution in [0.1, 0.15) is 19.4 Å². The molecule has 0 aliphatic rings. The standard InChI is InChI=1S/C12H15NO3/c1-3-16-12(15)9(2)13-8-10-6-4-5-7-11(10)14/h4-9,14H,3H2,1-2H3/t9-/m0/s1. The number of phenolic OH excluding ortho intramolecular Hbond substituents is 1. The van der Waals surface area contributed by atoms with Crippen molar-refractivity contribution in [3.63, 3.8) is 0 Å². The number of carbonyl (C=O) groups excluding carboxylic acids is 1. The number of ether oxygens (including phenoxy) is 1. The summed E-state index contributed by atoms with van der Waals surface area (Å²) >= 11 is 0. The molecule has 4 nitrogen and oxygen atoms in total. The van der Waals surface area contributed by atoms with Crippen molar-refractivity contribution < 1.29 is 14.6 Å². The molecule has 0 aromatic heterocycles. The number of rotatable bonds is 4. The van der Waals surface area contributed by atoms with Crippen molar-refractivity contribution in [2.75, 3.05) is 6.61 Å². The Balaban J connectivity index is 2.67. The average molecular weight is 221 g/mol. The third kappa shape index (κ3) is 3.38. The van der Waals surface area contributed by atoms with Crippen LogP contribution in [-0.2, 0) is 9.53 Å². The van der Waals surface area contributed by atoms with Crippen molar-refractivity contribution in [2.45, 2.75) is 19.9 Å². The first-order valence-electron chi connectivity index (χ1n) is 5.13. The Hall–Kier alpha value is -1.84. The van der Waals surface area contributed by atoms with Crippen LogP contribution in [0.3, 0.4) is 0 Å². The third-order valence-corrected chi connectivity index (χ3v) is 2.00. The van der Waals surface area contributed by atoms with Crippen LogP contribution in [0.25, 0.3) is 0 Å². The van der Waals surface area contributed by atoms with E-state index in [0.29, 0.717) is 12.2 Å². The minimum absolute atomic E-state index is 0.141. The van der Waals surface area contributed by atoms with Crippen molar-refractivity contribution in [1.29, 1.82) is 0 Å². The number of benzene rings is 1. The summed E-state index contributed by atoms with van der Waals surface area (Å²) in [4.78, 5) is 15.3. The molecular formula is C12H15NO3. The molecule has 0 aliphatic heterocycles. The number of aliphatic imine (C=N–C) groups is 1.